The van der Waals surface area contributed by atoms with Crippen LogP contribution >= 0.6 is 10.8 Å². The maximum absolute atomic E-state index is 11.7. The van der Waals surface area contributed by atoms with Crippen LogP contribution in [0.25, 0.3) is 0 Å². The van der Waals surface area contributed by atoms with Crippen LogP contribution in [0.4, 0.5) is 0 Å². The molecule has 0 aliphatic rings. The molecule has 0 spiro atoms. The lowest BCUT2D eigenvalue weighted by atomic mass is 10.4. The molecule has 0 fully saturated rings. The largest absolute Gasteiger partial charge is 0.230 e. The van der Waals surface area contributed by atoms with Crippen LogP contribution in [0.1, 0.15) is 13.3 Å². The number of rotatable bonds is 4. The summed E-state index contributed by atoms with van der Waals surface area (Å²) in [5.41, 5.74) is 0. The van der Waals surface area contributed by atoms with E-state index in [4.69, 9.17) is 0 Å². The van der Waals surface area contributed by atoms with Gasteiger partial charge in [-0.15, -0.1) is 11.8 Å². The van der Waals surface area contributed by atoms with Crippen LogP contribution in [0.5, 0.6) is 0 Å². The van der Waals surface area contributed by atoms with E-state index >= 15 is 0 Å². The summed E-state index contributed by atoms with van der Waals surface area (Å²) in [5.74, 6) is 6.08. The number of hydrogen-bond donors (Lipinski definition) is 0. The highest BCUT2D eigenvalue weighted by Crippen LogP contribution is 2.23. The lowest BCUT2D eigenvalue weighted by Gasteiger charge is -2.01. The first-order chi connectivity index (χ1) is 7.17. The van der Waals surface area contributed by atoms with E-state index in [0.29, 0.717) is 17.1 Å². The second-order valence-corrected chi connectivity index (χ2v) is 6.81. The van der Waals surface area contributed by atoms with E-state index in [1.807, 2.05) is 0 Å². The molecule has 0 N–H and O–H groups in total. The van der Waals surface area contributed by atoms with Crippen molar-refractivity contribution in [3.05, 3.63) is 30.3 Å². The molecular formula is C11H12O2S2. The molecule has 80 valence electrons. The molecule has 15 heavy (non-hydrogen) atoms. The fourth-order valence-corrected chi connectivity index (χ4v) is 3.66. The zero-order chi connectivity index (χ0) is 11.1. The molecule has 1 aromatic rings. The van der Waals surface area contributed by atoms with Gasteiger partial charge in [0.05, 0.1) is 4.90 Å². The van der Waals surface area contributed by atoms with Gasteiger partial charge >= 0.3 is 0 Å². The Morgan fingerprint density at radius 1 is 1.27 bits per heavy atom. The van der Waals surface area contributed by atoms with Crippen molar-refractivity contribution in [1.82, 2.24) is 0 Å². The molecule has 0 amide bonds. The molecule has 0 radical (unpaired) electrons. The Balaban J connectivity index is 2.63. The fourth-order valence-electron chi connectivity index (χ4n) is 0.983. The van der Waals surface area contributed by atoms with Crippen molar-refractivity contribution in [2.75, 3.05) is 5.75 Å². The van der Waals surface area contributed by atoms with Crippen LogP contribution in [0.15, 0.2) is 35.2 Å². The molecule has 2 nitrogen and oxygen atoms in total. The smallest absolute Gasteiger partial charge is 0.212 e. The Bertz CT molecular complexity index is 452. The first kappa shape index (κ1) is 12.2. The average Bonchev–Trinajstić information content (AvgIpc) is 2.26. The Kier molecular flexibility index (Phi) is 4.73. The molecule has 0 saturated heterocycles. The van der Waals surface area contributed by atoms with E-state index in [0.717, 1.165) is 10.8 Å². The van der Waals surface area contributed by atoms with E-state index in [1.165, 1.54) is 0 Å². The van der Waals surface area contributed by atoms with Crippen molar-refractivity contribution >= 4 is 19.7 Å². The molecule has 0 unspecified atom stereocenters. The summed E-state index contributed by atoms with van der Waals surface area (Å²) in [7, 11) is -2.25. The van der Waals surface area contributed by atoms with Gasteiger partial charge in [-0.3, -0.25) is 0 Å². The van der Waals surface area contributed by atoms with E-state index in [9.17, 15) is 8.42 Å². The van der Waals surface area contributed by atoms with Crippen molar-refractivity contribution in [1.29, 1.82) is 0 Å². The predicted octanol–water partition coefficient (Wildman–Crippen LogP) is 2.52. The summed E-state index contributed by atoms with van der Waals surface area (Å²) in [5, 5.41) is 0. The maximum atomic E-state index is 11.7. The molecular weight excluding hydrogens is 228 g/mol. The fraction of sp³-hybridized carbons (Fsp3) is 0.273. The van der Waals surface area contributed by atoms with Gasteiger partial charge in [0, 0.05) is 12.2 Å². The van der Waals surface area contributed by atoms with Crippen LogP contribution in [0.3, 0.4) is 0 Å². The van der Waals surface area contributed by atoms with Gasteiger partial charge in [0.25, 0.3) is 0 Å². The SMILES string of the molecule is CC#CCCSS(=O)(=O)c1ccccc1. The van der Waals surface area contributed by atoms with Crippen molar-refractivity contribution in [2.24, 2.45) is 0 Å². The molecule has 1 aromatic carbocycles. The third-order valence-corrected chi connectivity index (χ3v) is 5.21. The molecule has 0 aliphatic carbocycles. The van der Waals surface area contributed by atoms with Crippen molar-refractivity contribution in [2.45, 2.75) is 18.2 Å². The van der Waals surface area contributed by atoms with Crippen LogP contribution in [-0.2, 0) is 8.87 Å². The molecule has 0 atom stereocenters. The monoisotopic (exact) mass is 240 g/mol. The minimum absolute atomic E-state index is 0.361. The highest BCUT2D eigenvalue weighted by atomic mass is 33.1. The van der Waals surface area contributed by atoms with Gasteiger partial charge in [0.1, 0.15) is 0 Å². The molecule has 0 bridgehead atoms. The highest BCUT2D eigenvalue weighted by Gasteiger charge is 2.13. The second-order valence-electron chi connectivity index (χ2n) is 2.77. The van der Waals surface area contributed by atoms with Gasteiger partial charge in [0.2, 0.25) is 8.87 Å². The van der Waals surface area contributed by atoms with Crippen molar-refractivity contribution in [3.8, 4) is 11.8 Å². The topological polar surface area (TPSA) is 34.1 Å². The molecule has 4 heteroatoms. The van der Waals surface area contributed by atoms with E-state index < -0.39 is 8.87 Å². The summed E-state index contributed by atoms with van der Waals surface area (Å²) in [6, 6.07) is 8.45. The average molecular weight is 240 g/mol. The summed E-state index contributed by atoms with van der Waals surface area (Å²) < 4.78 is 23.4. The second kappa shape index (κ2) is 5.84. The summed E-state index contributed by atoms with van der Waals surface area (Å²) in [4.78, 5) is 0.361. The highest BCUT2D eigenvalue weighted by molar-refractivity contribution is 8.72. The van der Waals surface area contributed by atoms with Gasteiger partial charge in [0.15, 0.2) is 0 Å². The molecule has 0 aromatic heterocycles. The van der Waals surface area contributed by atoms with Crippen LogP contribution in [-0.4, -0.2) is 14.2 Å². The Morgan fingerprint density at radius 3 is 2.53 bits per heavy atom. The van der Waals surface area contributed by atoms with Gasteiger partial charge in [-0.1, -0.05) is 18.2 Å². The quantitative estimate of drug-likeness (QED) is 0.461. The van der Waals surface area contributed by atoms with Crippen LogP contribution in [0, 0.1) is 11.8 Å². The normalized spacial score (nSPS) is 10.5. The molecule has 0 saturated carbocycles. The van der Waals surface area contributed by atoms with Crippen molar-refractivity contribution in [3.63, 3.8) is 0 Å². The first-order valence-corrected chi connectivity index (χ1v) is 7.49. The van der Waals surface area contributed by atoms with E-state index in [-0.39, 0.29) is 0 Å². The molecule has 1 rings (SSSR count). The Labute approximate surface area is 94.4 Å². The lowest BCUT2D eigenvalue weighted by molar-refractivity contribution is 0.610. The minimum atomic E-state index is -3.19. The summed E-state index contributed by atoms with van der Waals surface area (Å²) in [6.07, 6.45) is 0.604. The predicted molar refractivity (Wildman–Crippen MR) is 64.2 cm³/mol. The lowest BCUT2D eigenvalue weighted by Crippen LogP contribution is -1.95. The first-order valence-electron chi connectivity index (χ1n) is 4.51. The third-order valence-electron chi connectivity index (χ3n) is 1.67. The van der Waals surface area contributed by atoms with Gasteiger partial charge in [-0.25, -0.2) is 8.42 Å². The number of hydrogen-bond acceptors (Lipinski definition) is 3. The molecule has 0 heterocycles. The Hall–Kier alpha value is -0.920. The van der Waals surface area contributed by atoms with Crippen molar-refractivity contribution < 1.29 is 8.42 Å². The third kappa shape index (κ3) is 3.98. The van der Waals surface area contributed by atoms with Gasteiger partial charge in [-0.2, -0.15) is 0 Å². The van der Waals surface area contributed by atoms with Gasteiger partial charge < -0.3 is 0 Å². The standard InChI is InChI=1S/C11H12O2S2/c1-2-3-7-10-14-15(12,13)11-8-5-4-6-9-11/h4-6,8-9H,7,10H2,1H3. The Morgan fingerprint density at radius 2 is 1.93 bits per heavy atom. The summed E-state index contributed by atoms with van der Waals surface area (Å²) in [6.45, 7) is 1.75. The van der Waals surface area contributed by atoms with Crippen LogP contribution < -0.4 is 0 Å². The van der Waals surface area contributed by atoms with E-state index in [1.54, 1.807) is 37.3 Å². The van der Waals surface area contributed by atoms with Gasteiger partial charge in [-0.05, 0) is 29.9 Å². The minimum Gasteiger partial charge on any atom is -0.212 e. The molecule has 0 aliphatic heterocycles. The van der Waals surface area contributed by atoms with Crippen LogP contribution in [0.2, 0.25) is 0 Å². The maximum Gasteiger partial charge on any atom is 0.230 e. The zero-order valence-electron chi connectivity index (χ0n) is 8.43. The zero-order valence-corrected chi connectivity index (χ0v) is 10.1. The van der Waals surface area contributed by atoms with E-state index in [2.05, 4.69) is 11.8 Å². The summed E-state index contributed by atoms with van der Waals surface area (Å²) >= 11 is 0. The number of benzene rings is 1.